The quantitative estimate of drug-likeness (QED) is 0.238. The van der Waals surface area contributed by atoms with Crippen LogP contribution in [0.3, 0.4) is 0 Å². The van der Waals surface area contributed by atoms with E-state index < -0.39 is 17.3 Å². The summed E-state index contributed by atoms with van der Waals surface area (Å²) in [5.74, 6) is 0.479. The number of hydrogen-bond acceptors (Lipinski definition) is 12. The zero-order chi connectivity index (χ0) is 34.5. The monoisotopic (exact) mass is 674 g/mol. The smallest absolute Gasteiger partial charge is 0.410 e. The van der Waals surface area contributed by atoms with Crippen LogP contribution in [-0.4, -0.2) is 95.6 Å². The second-order valence-corrected chi connectivity index (χ2v) is 13.8. The van der Waals surface area contributed by atoms with Gasteiger partial charge in [-0.1, -0.05) is 11.6 Å². The molecule has 2 fully saturated rings. The number of fused-ring (bicyclic) bond motifs is 2. The Labute approximate surface area is 278 Å². The van der Waals surface area contributed by atoms with Crippen LogP contribution >= 0.6 is 11.6 Å². The van der Waals surface area contributed by atoms with Gasteiger partial charge in [0.05, 0.1) is 37.1 Å². The van der Waals surface area contributed by atoms with Crippen molar-refractivity contribution in [2.75, 3.05) is 13.1 Å². The van der Waals surface area contributed by atoms with E-state index in [2.05, 4.69) is 19.9 Å². The van der Waals surface area contributed by atoms with E-state index in [9.17, 15) is 14.7 Å². The van der Waals surface area contributed by atoms with Gasteiger partial charge in [0.2, 0.25) is 17.3 Å². The predicted molar refractivity (Wildman–Crippen MR) is 173 cm³/mol. The van der Waals surface area contributed by atoms with Gasteiger partial charge in [-0.3, -0.25) is 0 Å². The molecule has 0 bridgehead atoms. The van der Waals surface area contributed by atoms with Gasteiger partial charge in [0.1, 0.15) is 40.5 Å². The third-order valence-electron chi connectivity index (χ3n) is 7.06. The van der Waals surface area contributed by atoms with E-state index in [1.165, 1.54) is 18.9 Å². The number of aromatic nitrogens is 4. The Morgan fingerprint density at radius 3 is 1.85 bits per heavy atom. The minimum Gasteiger partial charge on any atom is -0.472 e. The summed E-state index contributed by atoms with van der Waals surface area (Å²) in [7, 11) is 0. The molecule has 0 aromatic carbocycles. The summed E-state index contributed by atoms with van der Waals surface area (Å²) < 4.78 is 26.8. The third kappa shape index (κ3) is 9.91. The van der Waals surface area contributed by atoms with Crippen LogP contribution in [0.15, 0.2) is 46.1 Å². The molecule has 4 atom stereocenters. The largest absolute Gasteiger partial charge is 0.472 e. The Bertz CT molecular complexity index is 1650. The van der Waals surface area contributed by atoms with E-state index in [-0.39, 0.29) is 30.4 Å². The normalized spacial score (nSPS) is 21.1. The van der Waals surface area contributed by atoms with Crippen LogP contribution in [0.5, 0.6) is 5.88 Å². The minimum absolute atomic E-state index is 0.0523. The average Bonchev–Trinajstić information content (AvgIpc) is 3.75. The van der Waals surface area contributed by atoms with Gasteiger partial charge in [0, 0.05) is 18.5 Å². The lowest BCUT2D eigenvalue weighted by molar-refractivity contribution is 0.0211. The summed E-state index contributed by atoms with van der Waals surface area (Å²) in [5, 5.41) is 11.3. The topological polar surface area (TPSA) is 166 Å². The molecule has 6 heterocycles. The van der Waals surface area contributed by atoms with Crippen LogP contribution < -0.4 is 4.74 Å². The molecule has 0 spiro atoms. The number of hydrogen-bond donors (Lipinski definition) is 1. The lowest BCUT2D eigenvalue weighted by atomic mass is 10.2. The van der Waals surface area contributed by atoms with E-state index in [4.69, 9.17) is 34.6 Å². The Morgan fingerprint density at radius 2 is 1.32 bits per heavy atom. The number of aliphatic hydroxyl groups is 1. The molecule has 4 aromatic rings. The highest BCUT2D eigenvalue weighted by molar-refractivity contribution is 6.33. The van der Waals surface area contributed by atoms with Crippen LogP contribution in [0.1, 0.15) is 68.2 Å². The molecule has 1 N–H and O–H groups in total. The molecule has 2 aliphatic heterocycles. The fourth-order valence-corrected chi connectivity index (χ4v) is 5.19. The highest BCUT2D eigenvalue weighted by Crippen LogP contribution is 2.28. The van der Waals surface area contributed by atoms with Crippen molar-refractivity contribution in [1.82, 2.24) is 29.7 Å². The van der Waals surface area contributed by atoms with Crippen LogP contribution in [0, 0.1) is 0 Å². The maximum absolute atomic E-state index is 12.2. The van der Waals surface area contributed by atoms with Gasteiger partial charge in [-0.25, -0.2) is 29.5 Å². The molecule has 47 heavy (non-hydrogen) atoms. The van der Waals surface area contributed by atoms with Crippen molar-refractivity contribution in [2.24, 2.45) is 0 Å². The fourth-order valence-electron chi connectivity index (χ4n) is 5.00. The summed E-state index contributed by atoms with van der Waals surface area (Å²) in [6, 6.07) is 3.63. The second kappa shape index (κ2) is 14.7. The summed E-state index contributed by atoms with van der Waals surface area (Å²) in [6.07, 6.45) is 6.04. The first-order chi connectivity index (χ1) is 22.0. The van der Waals surface area contributed by atoms with Crippen LogP contribution in [0.2, 0.25) is 5.15 Å². The first-order valence-electron chi connectivity index (χ1n) is 15.4. The standard InChI is InChI=1S/C16H21N3O4.C10H19NO3.C6H3ClN2O/c1-10-7-11(8-19(10)15(20)23-16(2,3)4)22-14-12-5-6-21-13(12)17-9-18-14;1-7-5-8(12)6-11(7)9(13)14-10(2,3)4;7-5-4-1-2-10-6(4)9-3-8-5/h5-6,9-11H,7-8H2,1-4H3;7-8,12H,5-6H2,1-4H3;1-3H/t10-,11+;7-,8+;/m00./s1. The van der Waals surface area contributed by atoms with Crippen molar-refractivity contribution in [1.29, 1.82) is 0 Å². The molecular weight excluding hydrogens is 632 g/mol. The number of amides is 2. The molecule has 2 aliphatic rings. The molecule has 0 saturated carbocycles. The molecule has 4 aromatic heterocycles. The number of ether oxygens (including phenoxy) is 3. The van der Waals surface area contributed by atoms with Gasteiger partial charge in [-0.2, -0.15) is 0 Å². The highest BCUT2D eigenvalue weighted by Gasteiger charge is 2.37. The molecular formula is C32H43ClN6O8. The molecule has 0 radical (unpaired) electrons. The molecule has 14 nitrogen and oxygen atoms in total. The maximum atomic E-state index is 12.2. The summed E-state index contributed by atoms with van der Waals surface area (Å²) in [5.41, 5.74) is 0.0421. The summed E-state index contributed by atoms with van der Waals surface area (Å²) in [4.78, 5) is 42.9. The SMILES string of the molecule is C[C@H]1C[C@@H](O)CN1C(=O)OC(C)(C)C.C[C@H]1C[C@@H](Oc2ncnc3occc23)CN1C(=O)OC(C)(C)C.Clc1ncnc2occc12. The number of halogens is 1. The Morgan fingerprint density at radius 1 is 0.809 bits per heavy atom. The zero-order valence-corrected chi connectivity index (χ0v) is 28.7. The van der Waals surface area contributed by atoms with Crippen molar-refractivity contribution in [3.8, 4) is 5.88 Å². The highest BCUT2D eigenvalue weighted by atomic mass is 35.5. The molecule has 0 unspecified atom stereocenters. The van der Waals surface area contributed by atoms with Crippen molar-refractivity contribution in [3.63, 3.8) is 0 Å². The number of likely N-dealkylation sites (tertiary alicyclic amines) is 2. The van der Waals surface area contributed by atoms with Crippen molar-refractivity contribution >= 4 is 46.0 Å². The molecule has 2 saturated heterocycles. The van der Waals surface area contributed by atoms with E-state index in [0.717, 1.165) is 17.2 Å². The van der Waals surface area contributed by atoms with Gasteiger partial charge in [0.15, 0.2) is 0 Å². The predicted octanol–water partition coefficient (Wildman–Crippen LogP) is 6.25. The maximum Gasteiger partial charge on any atom is 0.410 e. The lowest BCUT2D eigenvalue weighted by Crippen LogP contribution is -2.39. The first-order valence-corrected chi connectivity index (χ1v) is 15.7. The van der Waals surface area contributed by atoms with Crippen LogP contribution in [-0.2, 0) is 9.47 Å². The molecule has 0 aliphatic carbocycles. The second-order valence-electron chi connectivity index (χ2n) is 13.5. The lowest BCUT2D eigenvalue weighted by Gasteiger charge is -2.26. The van der Waals surface area contributed by atoms with Crippen molar-refractivity contribution in [3.05, 3.63) is 42.5 Å². The van der Waals surface area contributed by atoms with Gasteiger partial charge in [-0.05, 0) is 73.9 Å². The molecule has 2 amide bonds. The Balaban J connectivity index is 0.000000176. The van der Waals surface area contributed by atoms with Crippen LogP contribution in [0.25, 0.3) is 22.2 Å². The molecule has 15 heteroatoms. The molecule has 6 rings (SSSR count). The van der Waals surface area contributed by atoms with Gasteiger partial charge in [-0.15, -0.1) is 0 Å². The molecule has 256 valence electrons. The van der Waals surface area contributed by atoms with E-state index in [1.807, 2.05) is 55.4 Å². The van der Waals surface area contributed by atoms with Crippen LogP contribution in [0.4, 0.5) is 9.59 Å². The Hall–Kier alpha value is -4.17. The first kappa shape index (κ1) is 35.7. The average molecular weight is 675 g/mol. The number of rotatable bonds is 2. The summed E-state index contributed by atoms with van der Waals surface area (Å²) in [6.45, 7) is 15.8. The van der Waals surface area contributed by atoms with Gasteiger partial charge >= 0.3 is 12.2 Å². The van der Waals surface area contributed by atoms with E-state index >= 15 is 0 Å². The number of aliphatic hydroxyl groups excluding tert-OH is 1. The van der Waals surface area contributed by atoms with Gasteiger partial charge < -0.3 is 38.0 Å². The minimum atomic E-state index is -0.509. The number of carbonyl (C=O) groups is 2. The number of nitrogens with zero attached hydrogens (tertiary/aromatic N) is 6. The number of carbonyl (C=O) groups excluding carboxylic acids is 2. The summed E-state index contributed by atoms with van der Waals surface area (Å²) >= 11 is 5.69. The van der Waals surface area contributed by atoms with Crippen molar-refractivity contribution in [2.45, 2.75) is 104 Å². The third-order valence-corrected chi connectivity index (χ3v) is 7.36. The van der Waals surface area contributed by atoms with Gasteiger partial charge in [0.25, 0.3) is 0 Å². The zero-order valence-electron chi connectivity index (χ0n) is 28.0. The number of β-amino-alcohol motifs (C(OH)–C–C–N with tert-alkyl or cyclic N) is 1. The van der Waals surface area contributed by atoms with Crippen molar-refractivity contribution < 1.29 is 37.7 Å². The number of furan rings is 2. The van der Waals surface area contributed by atoms with E-state index in [0.29, 0.717) is 42.0 Å². The Kier molecular flexibility index (Phi) is 11.2. The fraction of sp³-hybridized carbons (Fsp3) is 0.562. The van der Waals surface area contributed by atoms with E-state index in [1.54, 1.807) is 28.2 Å².